The number of hydrogen-bond donors (Lipinski definition) is 1. The molecule has 0 aliphatic heterocycles. The molecule has 78 valence electrons. The van der Waals surface area contributed by atoms with E-state index in [1.807, 2.05) is 0 Å². The maximum atomic E-state index is 11.7. The number of fused-ring (bicyclic) bond motifs is 1. The molecule has 0 saturated carbocycles. The smallest absolute Gasteiger partial charge is 0.262 e. The number of anilines is 1. The van der Waals surface area contributed by atoms with Crippen molar-refractivity contribution in [3.63, 3.8) is 0 Å². The van der Waals surface area contributed by atoms with E-state index in [0.717, 1.165) is 0 Å². The number of aryl methyl sites for hydroxylation is 2. The molecule has 2 rings (SSSR count). The van der Waals surface area contributed by atoms with Gasteiger partial charge in [0.25, 0.3) is 5.56 Å². The molecule has 2 heterocycles. The van der Waals surface area contributed by atoms with Crippen LogP contribution in [-0.4, -0.2) is 26.4 Å². The summed E-state index contributed by atoms with van der Waals surface area (Å²) < 4.78 is 1.35. The molecule has 0 bridgehead atoms. The molecule has 0 amide bonds. The van der Waals surface area contributed by atoms with E-state index in [1.54, 1.807) is 20.9 Å². The van der Waals surface area contributed by atoms with Gasteiger partial charge in [0.1, 0.15) is 5.82 Å². The fourth-order valence-corrected chi connectivity index (χ4v) is 1.40. The maximum Gasteiger partial charge on any atom is 0.262 e. The number of aromatic nitrogens is 4. The molecule has 1 N–H and O–H groups in total. The van der Waals surface area contributed by atoms with Crippen molar-refractivity contribution in [1.82, 2.24) is 19.4 Å². The van der Waals surface area contributed by atoms with Crippen molar-refractivity contribution in [2.24, 2.45) is 0 Å². The van der Waals surface area contributed by atoms with Crippen LogP contribution in [0.25, 0.3) is 5.78 Å². The molecule has 2 aromatic rings. The van der Waals surface area contributed by atoms with Gasteiger partial charge in [-0.1, -0.05) is 0 Å². The summed E-state index contributed by atoms with van der Waals surface area (Å²) >= 11 is 0. The van der Waals surface area contributed by atoms with Crippen LogP contribution >= 0.6 is 0 Å². The Morgan fingerprint density at radius 3 is 2.67 bits per heavy atom. The number of nitrogens with zero attached hydrogens (tertiary/aromatic N) is 4. The fraction of sp³-hybridized carbons (Fsp3) is 0.333. The van der Waals surface area contributed by atoms with Crippen molar-refractivity contribution in [3.05, 3.63) is 27.9 Å². The minimum absolute atomic E-state index is 0.179. The minimum atomic E-state index is -0.179. The quantitative estimate of drug-likeness (QED) is 0.717. The average molecular weight is 205 g/mol. The molecule has 6 nitrogen and oxygen atoms in total. The number of hydrogen-bond acceptors (Lipinski definition) is 5. The molecule has 15 heavy (non-hydrogen) atoms. The maximum absolute atomic E-state index is 11.7. The summed E-state index contributed by atoms with van der Waals surface area (Å²) in [6.07, 6.45) is 0. The van der Waals surface area contributed by atoms with E-state index in [-0.39, 0.29) is 5.56 Å². The zero-order valence-corrected chi connectivity index (χ0v) is 8.77. The van der Waals surface area contributed by atoms with Gasteiger partial charge in [0.2, 0.25) is 11.7 Å². The van der Waals surface area contributed by atoms with Gasteiger partial charge in [-0.2, -0.15) is 9.97 Å². The molecule has 2 aromatic heterocycles. The van der Waals surface area contributed by atoms with Gasteiger partial charge in [0, 0.05) is 18.8 Å². The van der Waals surface area contributed by atoms with Crippen molar-refractivity contribution in [2.45, 2.75) is 13.8 Å². The lowest BCUT2D eigenvalue weighted by Gasteiger charge is -2.06. The van der Waals surface area contributed by atoms with Crippen LogP contribution in [0.3, 0.4) is 0 Å². The molecule has 0 fully saturated rings. The largest absolute Gasteiger partial charge is 0.358 e. The van der Waals surface area contributed by atoms with Crippen LogP contribution in [0.15, 0.2) is 10.9 Å². The highest BCUT2D eigenvalue weighted by Gasteiger charge is 2.07. The molecular formula is C9H11N5O. The topological polar surface area (TPSA) is 72.2 Å². The lowest BCUT2D eigenvalue weighted by Crippen LogP contribution is -2.20. The first-order valence-electron chi connectivity index (χ1n) is 4.54. The van der Waals surface area contributed by atoms with Crippen molar-refractivity contribution < 1.29 is 0 Å². The van der Waals surface area contributed by atoms with Crippen LogP contribution < -0.4 is 10.9 Å². The Morgan fingerprint density at radius 2 is 2.00 bits per heavy atom. The van der Waals surface area contributed by atoms with E-state index in [2.05, 4.69) is 20.3 Å². The van der Waals surface area contributed by atoms with Crippen molar-refractivity contribution >= 4 is 11.7 Å². The molecular weight excluding hydrogens is 194 g/mol. The number of nitrogens with one attached hydrogen (secondary N) is 1. The second-order valence-corrected chi connectivity index (χ2v) is 3.22. The van der Waals surface area contributed by atoms with Crippen molar-refractivity contribution in [3.8, 4) is 0 Å². The zero-order valence-electron chi connectivity index (χ0n) is 8.77. The first kappa shape index (κ1) is 9.57. The molecule has 0 spiro atoms. The Morgan fingerprint density at radius 1 is 1.27 bits per heavy atom. The molecule has 0 aliphatic rings. The monoisotopic (exact) mass is 205 g/mol. The summed E-state index contributed by atoms with van der Waals surface area (Å²) in [6, 6.07) is 1.45. The van der Waals surface area contributed by atoms with E-state index in [1.165, 1.54) is 10.5 Å². The Bertz CT molecular complexity index is 569. The lowest BCUT2D eigenvalue weighted by atomic mass is 10.4. The van der Waals surface area contributed by atoms with Gasteiger partial charge in [-0.05, 0) is 13.8 Å². The Balaban J connectivity index is 2.96. The van der Waals surface area contributed by atoms with Crippen LogP contribution in [0, 0.1) is 13.8 Å². The molecule has 0 atom stereocenters. The normalized spacial score (nSPS) is 10.6. The van der Waals surface area contributed by atoms with Crippen LogP contribution in [-0.2, 0) is 0 Å². The Hall–Kier alpha value is -1.98. The first-order valence-corrected chi connectivity index (χ1v) is 4.54. The molecule has 0 aliphatic carbocycles. The van der Waals surface area contributed by atoms with Crippen LogP contribution in [0.2, 0.25) is 0 Å². The van der Waals surface area contributed by atoms with Crippen LogP contribution in [0.5, 0.6) is 0 Å². The predicted octanol–water partition coefficient (Wildman–Crippen LogP) is 0.143. The highest BCUT2D eigenvalue weighted by molar-refractivity contribution is 5.39. The van der Waals surface area contributed by atoms with E-state index in [0.29, 0.717) is 23.2 Å². The van der Waals surface area contributed by atoms with Crippen LogP contribution in [0.1, 0.15) is 11.5 Å². The van der Waals surface area contributed by atoms with Gasteiger partial charge in [-0.25, -0.2) is 9.38 Å². The van der Waals surface area contributed by atoms with Gasteiger partial charge in [0.15, 0.2) is 0 Å². The third-order valence-corrected chi connectivity index (χ3v) is 1.99. The Labute approximate surface area is 86.0 Å². The second kappa shape index (κ2) is 3.30. The lowest BCUT2D eigenvalue weighted by molar-refractivity contribution is 0.897. The zero-order chi connectivity index (χ0) is 11.0. The highest BCUT2D eigenvalue weighted by Crippen LogP contribution is 2.03. The summed E-state index contributed by atoms with van der Waals surface area (Å²) in [5.41, 5.74) is 0.474. The molecule has 0 aromatic carbocycles. The van der Waals surface area contributed by atoms with Gasteiger partial charge in [-0.15, -0.1) is 0 Å². The van der Waals surface area contributed by atoms with Gasteiger partial charge >= 0.3 is 0 Å². The second-order valence-electron chi connectivity index (χ2n) is 3.22. The average Bonchev–Trinajstić information content (AvgIpc) is 2.14. The third kappa shape index (κ3) is 1.54. The summed E-state index contributed by atoms with van der Waals surface area (Å²) in [5.74, 6) is 1.41. The third-order valence-electron chi connectivity index (χ3n) is 1.99. The van der Waals surface area contributed by atoms with Gasteiger partial charge in [0.05, 0.1) is 0 Å². The van der Waals surface area contributed by atoms with Crippen LogP contribution in [0.4, 0.5) is 5.95 Å². The summed E-state index contributed by atoms with van der Waals surface area (Å²) in [4.78, 5) is 24.1. The molecule has 0 radical (unpaired) electrons. The standard InChI is InChI=1S/C9H11N5O/c1-5-4-7(15)14-8(10-3)12-6(2)13-9(14)11-5/h4H,1-3H3,(H,10,11,12,13). The van der Waals surface area contributed by atoms with Crippen molar-refractivity contribution in [2.75, 3.05) is 12.4 Å². The van der Waals surface area contributed by atoms with Gasteiger partial charge < -0.3 is 5.32 Å². The Kier molecular flexibility index (Phi) is 2.11. The fourth-order valence-electron chi connectivity index (χ4n) is 1.40. The summed E-state index contributed by atoms with van der Waals surface area (Å²) in [5, 5.41) is 2.84. The van der Waals surface area contributed by atoms with E-state index in [9.17, 15) is 4.79 Å². The SMILES string of the molecule is CNc1nc(C)nc2nc(C)cc(=O)n12. The van der Waals surface area contributed by atoms with Gasteiger partial charge in [-0.3, -0.25) is 4.79 Å². The summed E-state index contributed by atoms with van der Waals surface area (Å²) in [6.45, 7) is 3.52. The summed E-state index contributed by atoms with van der Waals surface area (Å²) in [7, 11) is 1.70. The molecule has 0 unspecified atom stereocenters. The molecule has 0 saturated heterocycles. The van der Waals surface area contributed by atoms with E-state index < -0.39 is 0 Å². The highest BCUT2D eigenvalue weighted by atomic mass is 16.1. The first-order chi connectivity index (χ1) is 7.11. The van der Waals surface area contributed by atoms with E-state index >= 15 is 0 Å². The van der Waals surface area contributed by atoms with Crippen molar-refractivity contribution in [1.29, 1.82) is 0 Å². The van der Waals surface area contributed by atoms with E-state index in [4.69, 9.17) is 0 Å². The number of rotatable bonds is 1. The predicted molar refractivity (Wildman–Crippen MR) is 56.1 cm³/mol. The molecule has 6 heteroatoms. The minimum Gasteiger partial charge on any atom is -0.358 e.